The Morgan fingerprint density at radius 2 is 1.76 bits per heavy atom. The van der Waals surface area contributed by atoms with Gasteiger partial charge in [0.25, 0.3) is 0 Å². The number of benzene rings is 1. The summed E-state index contributed by atoms with van der Waals surface area (Å²) in [7, 11) is 0. The minimum Gasteiger partial charge on any atom is -0.494 e. The van der Waals surface area contributed by atoms with Crippen LogP contribution in [0.2, 0.25) is 0 Å². The van der Waals surface area contributed by atoms with Crippen LogP contribution in [0.15, 0.2) is 18.2 Å². The lowest BCUT2D eigenvalue weighted by molar-refractivity contribution is 0.271. The number of aryl methyl sites for hydroxylation is 2. The van der Waals surface area contributed by atoms with Gasteiger partial charge >= 0.3 is 0 Å². The smallest absolute Gasteiger partial charge is 0.122 e. The van der Waals surface area contributed by atoms with Gasteiger partial charge in [-0.3, -0.25) is 0 Å². The van der Waals surface area contributed by atoms with Crippen molar-refractivity contribution in [2.75, 3.05) is 13.2 Å². The van der Waals surface area contributed by atoms with Crippen LogP contribution in [0.5, 0.6) is 5.75 Å². The van der Waals surface area contributed by atoms with Gasteiger partial charge in [0.15, 0.2) is 0 Å². The number of hydrogen-bond donors (Lipinski definition) is 1. The number of hydrogen-bond acceptors (Lipinski definition) is 2. The van der Waals surface area contributed by atoms with Gasteiger partial charge < -0.3 is 10.1 Å². The van der Waals surface area contributed by atoms with Crippen molar-refractivity contribution in [3.63, 3.8) is 0 Å². The number of ether oxygens (including phenoxy) is 1. The lowest BCUT2D eigenvalue weighted by atomic mass is 9.85. The summed E-state index contributed by atoms with van der Waals surface area (Å²) in [5, 5.41) is 3.62. The van der Waals surface area contributed by atoms with E-state index in [1.807, 2.05) is 6.92 Å². The minimum absolute atomic E-state index is 0.178. The van der Waals surface area contributed by atoms with Crippen LogP contribution in [0, 0.1) is 12.3 Å². The van der Waals surface area contributed by atoms with E-state index in [2.05, 4.69) is 65.1 Å². The molecule has 1 rings (SSSR count). The summed E-state index contributed by atoms with van der Waals surface area (Å²) in [4.78, 5) is 0. The first-order valence-electron chi connectivity index (χ1n) is 8.10. The molecule has 0 saturated heterocycles. The topological polar surface area (TPSA) is 21.3 Å². The summed E-state index contributed by atoms with van der Waals surface area (Å²) in [5.41, 5.74) is 3.09. The Labute approximate surface area is 131 Å². The van der Waals surface area contributed by atoms with Crippen molar-refractivity contribution < 1.29 is 4.74 Å². The zero-order valence-corrected chi connectivity index (χ0v) is 15.0. The molecule has 120 valence electrons. The van der Waals surface area contributed by atoms with E-state index in [0.29, 0.717) is 0 Å². The first-order valence-corrected chi connectivity index (χ1v) is 8.10. The van der Waals surface area contributed by atoms with Crippen LogP contribution in [0.4, 0.5) is 0 Å². The fourth-order valence-corrected chi connectivity index (χ4v) is 2.27. The largest absolute Gasteiger partial charge is 0.494 e. The second-order valence-electron chi connectivity index (χ2n) is 7.81. The summed E-state index contributed by atoms with van der Waals surface area (Å²) in [6.45, 7) is 17.3. The van der Waals surface area contributed by atoms with E-state index in [4.69, 9.17) is 4.74 Å². The molecule has 0 atom stereocenters. The molecule has 1 aromatic rings. The van der Waals surface area contributed by atoms with Gasteiger partial charge in [-0.15, -0.1) is 0 Å². The second kappa shape index (κ2) is 7.31. The molecule has 0 amide bonds. The third-order valence-electron chi connectivity index (χ3n) is 3.68. The maximum Gasteiger partial charge on any atom is 0.122 e. The molecule has 0 aliphatic rings. The standard InChI is InChI=1S/C19H33NO/c1-8-21-17-10-9-15(2)13-16(17)11-12-19(6,7)14-20-18(3,4)5/h9-10,13,20H,8,11-12,14H2,1-7H3. The lowest BCUT2D eigenvalue weighted by Crippen LogP contribution is -2.42. The molecule has 0 aromatic heterocycles. The summed E-state index contributed by atoms with van der Waals surface area (Å²) in [5.74, 6) is 1.04. The van der Waals surface area contributed by atoms with Gasteiger partial charge in [-0.25, -0.2) is 0 Å². The van der Waals surface area contributed by atoms with Crippen LogP contribution in [-0.2, 0) is 6.42 Å². The molecule has 21 heavy (non-hydrogen) atoms. The molecule has 0 spiro atoms. The molecule has 0 bridgehead atoms. The summed E-state index contributed by atoms with van der Waals surface area (Å²) >= 11 is 0. The van der Waals surface area contributed by atoms with Gasteiger partial charge in [0, 0.05) is 12.1 Å². The summed E-state index contributed by atoms with van der Waals surface area (Å²) < 4.78 is 5.76. The minimum atomic E-state index is 0.178. The van der Waals surface area contributed by atoms with Crippen LogP contribution in [0.1, 0.15) is 59.1 Å². The van der Waals surface area contributed by atoms with Crippen molar-refractivity contribution in [2.24, 2.45) is 5.41 Å². The summed E-state index contributed by atoms with van der Waals surface area (Å²) in [6, 6.07) is 6.49. The number of nitrogens with one attached hydrogen (secondary N) is 1. The fourth-order valence-electron chi connectivity index (χ4n) is 2.27. The zero-order chi connectivity index (χ0) is 16.1. The van der Waals surface area contributed by atoms with Gasteiger partial charge in [0.2, 0.25) is 0 Å². The molecule has 0 heterocycles. The van der Waals surface area contributed by atoms with Crippen molar-refractivity contribution in [3.8, 4) is 5.75 Å². The second-order valence-corrected chi connectivity index (χ2v) is 7.81. The fraction of sp³-hybridized carbons (Fsp3) is 0.684. The van der Waals surface area contributed by atoms with E-state index in [-0.39, 0.29) is 11.0 Å². The highest BCUT2D eigenvalue weighted by atomic mass is 16.5. The van der Waals surface area contributed by atoms with Crippen LogP contribution >= 0.6 is 0 Å². The number of rotatable bonds is 7. The van der Waals surface area contributed by atoms with Crippen molar-refractivity contribution in [3.05, 3.63) is 29.3 Å². The van der Waals surface area contributed by atoms with Crippen LogP contribution < -0.4 is 10.1 Å². The quantitative estimate of drug-likeness (QED) is 0.783. The molecule has 2 nitrogen and oxygen atoms in total. The Morgan fingerprint density at radius 1 is 1.10 bits per heavy atom. The lowest BCUT2D eigenvalue weighted by Gasteiger charge is -2.30. The van der Waals surface area contributed by atoms with Gasteiger partial charge in [0.1, 0.15) is 5.75 Å². The van der Waals surface area contributed by atoms with Gasteiger partial charge in [-0.05, 0) is 64.5 Å². The Bertz CT molecular complexity index is 443. The molecule has 0 aliphatic heterocycles. The van der Waals surface area contributed by atoms with Crippen LogP contribution in [0.3, 0.4) is 0 Å². The highest BCUT2D eigenvalue weighted by molar-refractivity contribution is 5.37. The van der Waals surface area contributed by atoms with Gasteiger partial charge in [0.05, 0.1) is 6.61 Å². The molecule has 0 saturated carbocycles. The molecule has 2 heteroatoms. The van der Waals surface area contributed by atoms with Gasteiger partial charge in [-0.2, -0.15) is 0 Å². The Morgan fingerprint density at radius 3 is 2.33 bits per heavy atom. The predicted octanol–water partition coefficient (Wildman–Crippen LogP) is 4.74. The van der Waals surface area contributed by atoms with E-state index >= 15 is 0 Å². The van der Waals surface area contributed by atoms with E-state index in [9.17, 15) is 0 Å². The first kappa shape index (κ1) is 18.0. The highest BCUT2D eigenvalue weighted by Gasteiger charge is 2.21. The molecule has 0 aliphatic carbocycles. The Hall–Kier alpha value is -1.02. The third-order valence-corrected chi connectivity index (χ3v) is 3.68. The van der Waals surface area contributed by atoms with E-state index in [1.54, 1.807) is 0 Å². The summed E-state index contributed by atoms with van der Waals surface area (Å²) in [6.07, 6.45) is 2.22. The molecule has 1 aromatic carbocycles. The van der Waals surface area contributed by atoms with Crippen molar-refractivity contribution >= 4 is 0 Å². The van der Waals surface area contributed by atoms with E-state index < -0.39 is 0 Å². The monoisotopic (exact) mass is 291 g/mol. The Kier molecular flexibility index (Phi) is 6.27. The van der Waals surface area contributed by atoms with Crippen LogP contribution in [0.25, 0.3) is 0 Å². The molecule has 0 fully saturated rings. The molecule has 0 unspecified atom stereocenters. The maximum atomic E-state index is 5.76. The third kappa shape index (κ3) is 6.99. The molecular weight excluding hydrogens is 258 g/mol. The SMILES string of the molecule is CCOc1ccc(C)cc1CCC(C)(C)CNC(C)(C)C. The molecular formula is C19H33NO. The maximum absolute atomic E-state index is 5.76. The normalized spacial score (nSPS) is 12.5. The average Bonchev–Trinajstić information content (AvgIpc) is 2.36. The highest BCUT2D eigenvalue weighted by Crippen LogP contribution is 2.27. The predicted molar refractivity (Wildman–Crippen MR) is 92.2 cm³/mol. The average molecular weight is 291 g/mol. The first-order chi connectivity index (χ1) is 9.63. The van der Waals surface area contributed by atoms with E-state index in [1.165, 1.54) is 11.1 Å². The molecule has 1 N–H and O–H groups in total. The van der Waals surface area contributed by atoms with Crippen molar-refractivity contribution in [1.29, 1.82) is 0 Å². The van der Waals surface area contributed by atoms with E-state index in [0.717, 1.165) is 31.7 Å². The zero-order valence-electron chi connectivity index (χ0n) is 15.0. The van der Waals surface area contributed by atoms with Crippen molar-refractivity contribution in [2.45, 2.75) is 66.8 Å². The van der Waals surface area contributed by atoms with Gasteiger partial charge in [-0.1, -0.05) is 31.5 Å². The molecule has 0 radical (unpaired) electrons. The van der Waals surface area contributed by atoms with Crippen molar-refractivity contribution in [1.82, 2.24) is 5.32 Å². The van der Waals surface area contributed by atoms with Crippen LogP contribution in [-0.4, -0.2) is 18.7 Å². The Balaban J connectivity index is 2.67.